The summed E-state index contributed by atoms with van der Waals surface area (Å²) in [7, 11) is 0. The summed E-state index contributed by atoms with van der Waals surface area (Å²) in [6.07, 6.45) is 0. The molecule has 0 bridgehead atoms. The Hall–Kier alpha value is -2.14. The fourth-order valence-electron chi connectivity index (χ4n) is 2.08. The van der Waals surface area contributed by atoms with Crippen LogP contribution in [0.4, 0.5) is 13.2 Å². The van der Waals surface area contributed by atoms with Crippen LogP contribution in [0.2, 0.25) is 5.15 Å². The van der Waals surface area contributed by atoms with Crippen molar-refractivity contribution in [2.75, 3.05) is 0 Å². The summed E-state index contributed by atoms with van der Waals surface area (Å²) in [6, 6.07) is 5.86. The standard InChI is InChI=1S/C15H8ClF3N2/c1-7-2-5-10(18)12-13(7)20-15(21-14(12)16)9-4-3-8(17)6-11(9)19/h2-6H,1H3. The number of fused-ring (bicyclic) bond motifs is 1. The molecular formula is C15H8ClF3N2. The molecule has 1 heterocycles. The van der Waals surface area contributed by atoms with Gasteiger partial charge >= 0.3 is 0 Å². The van der Waals surface area contributed by atoms with E-state index in [1.54, 1.807) is 13.0 Å². The average Bonchev–Trinajstić information content (AvgIpc) is 2.42. The molecule has 0 saturated heterocycles. The first-order valence-electron chi connectivity index (χ1n) is 6.05. The van der Waals surface area contributed by atoms with Gasteiger partial charge in [-0.1, -0.05) is 17.7 Å². The lowest BCUT2D eigenvalue weighted by atomic mass is 10.1. The Morgan fingerprint density at radius 2 is 1.71 bits per heavy atom. The Balaban J connectivity index is 2.33. The Bertz CT molecular complexity index is 865. The summed E-state index contributed by atoms with van der Waals surface area (Å²) >= 11 is 5.99. The van der Waals surface area contributed by atoms with E-state index >= 15 is 0 Å². The zero-order chi connectivity index (χ0) is 15.1. The van der Waals surface area contributed by atoms with Crippen molar-refractivity contribution in [3.05, 3.63) is 58.5 Å². The van der Waals surface area contributed by atoms with E-state index in [1.165, 1.54) is 12.1 Å². The predicted octanol–water partition coefficient (Wildman–Crippen LogP) is 4.68. The third-order valence-corrected chi connectivity index (χ3v) is 3.40. The quantitative estimate of drug-likeness (QED) is 0.610. The molecule has 1 aromatic heterocycles. The molecule has 106 valence electrons. The van der Waals surface area contributed by atoms with Gasteiger partial charge in [0.15, 0.2) is 5.82 Å². The van der Waals surface area contributed by atoms with Crippen LogP contribution >= 0.6 is 11.6 Å². The molecule has 6 heteroatoms. The highest BCUT2D eigenvalue weighted by molar-refractivity contribution is 6.34. The molecule has 2 nitrogen and oxygen atoms in total. The van der Waals surface area contributed by atoms with E-state index < -0.39 is 17.5 Å². The van der Waals surface area contributed by atoms with Crippen molar-refractivity contribution in [1.82, 2.24) is 9.97 Å². The van der Waals surface area contributed by atoms with Gasteiger partial charge in [0.1, 0.15) is 22.6 Å². The maximum atomic E-state index is 13.8. The van der Waals surface area contributed by atoms with Crippen molar-refractivity contribution in [2.45, 2.75) is 6.92 Å². The third-order valence-electron chi connectivity index (χ3n) is 3.13. The minimum Gasteiger partial charge on any atom is -0.227 e. The van der Waals surface area contributed by atoms with Gasteiger partial charge in [0.25, 0.3) is 0 Å². The highest BCUT2D eigenvalue weighted by atomic mass is 35.5. The summed E-state index contributed by atoms with van der Waals surface area (Å²) in [5.41, 5.74) is 0.983. The molecule has 21 heavy (non-hydrogen) atoms. The van der Waals surface area contributed by atoms with E-state index in [4.69, 9.17) is 11.6 Å². The van der Waals surface area contributed by atoms with Crippen LogP contribution in [0.25, 0.3) is 22.3 Å². The number of nitrogens with zero attached hydrogens (tertiary/aromatic N) is 2. The van der Waals surface area contributed by atoms with Gasteiger partial charge in [0.05, 0.1) is 16.5 Å². The number of rotatable bonds is 1. The highest BCUT2D eigenvalue weighted by Crippen LogP contribution is 2.29. The maximum Gasteiger partial charge on any atom is 0.164 e. The van der Waals surface area contributed by atoms with Crippen LogP contribution in [-0.4, -0.2) is 9.97 Å². The third kappa shape index (κ3) is 2.34. The van der Waals surface area contributed by atoms with Crippen molar-refractivity contribution in [1.29, 1.82) is 0 Å². The second-order valence-corrected chi connectivity index (χ2v) is 4.91. The van der Waals surface area contributed by atoms with Gasteiger partial charge in [0.2, 0.25) is 0 Å². The zero-order valence-corrected chi connectivity index (χ0v) is 11.5. The summed E-state index contributed by atoms with van der Waals surface area (Å²) in [5, 5.41) is -0.0251. The van der Waals surface area contributed by atoms with Crippen LogP contribution < -0.4 is 0 Å². The number of aromatic nitrogens is 2. The van der Waals surface area contributed by atoms with E-state index in [0.717, 1.165) is 12.1 Å². The number of hydrogen-bond acceptors (Lipinski definition) is 2. The Morgan fingerprint density at radius 3 is 2.43 bits per heavy atom. The lowest BCUT2D eigenvalue weighted by Crippen LogP contribution is -1.97. The van der Waals surface area contributed by atoms with Crippen LogP contribution in [-0.2, 0) is 0 Å². The molecule has 0 spiro atoms. The van der Waals surface area contributed by atoms with Crippen LogP contribution in [0, 0.1) is 24.4 Å². The SMILES string of the molecule is Cc1ccc(F)c2c(Cl)nc(-c3ccc(F)cc3F)nc12. The largest absolute Gasteiger partial charge is 0.227 e. The fourth-order valence-corrected chi connectivity index (χ4v) is 2.34. The maximum absolute atomic E-state index is 13.8. The van der Waals surface area contributed by atoms with Gasteiger partial charge in [-0.3, -0.25) is 0 Å². The number of hydrogen-bond donors (Lipinski definition) is 0. The number of benzene rings is 2. The Morgan fingerprint density at radius 1 is 0.952 bits per heavy atom. The summed E-state index contributed by atoms with van der Waals surface area (Å²) < 4.78 is 40.6. The van der Waals surface area contributed by atoms with Crippen molar-refractivity contribution in [2.24, 2.45) is 0 Å². The normalized spacial score (nSPS) is 11.1. The minimum atomic E-state index is -0.806. The topological polar surface area (TPSA) is 25.8 Å². The first-order valence-corrected chi connectivity index (χ1v) is 6.43. The van der Waals surface area contributed by atoms with E-state index in [0.29, 0.717) is 11.1 Å². The predicted molar refractivity (Wildman–Crippen MR) is 74.6 cm³/mol. The molecule has 0 saturated carbocycles. The van der Waals surface area contributed by atoms with E-state index in [1.807, 2.05) is 0 Å². The molecule has 0 atom stereocenters. The Kier molecular flexibility index (Phi) is 3.29. The molecule has 0 unspecified atom stereocenters. The monoisotopic (exact) mass is 308 g/mol. The second-order valence-electron chi connectivity index (χ2n) is 4.55. The van der Waals surface area contributed by atoms with Crippen molar-refractivity contribution >= 4 is 22.5 Å². The van der Waals surface area contributed by atoms with Crippen LogP contribution in [0.15, 0.2) is 30.3 Å². The zero-order valence-electron chi connectivity index (χ0n) is 10.8. The molecule has 0 aliphatic rings. The van der Waals surface area contributed by atoms with Crippen molar-refractivity contribution in [3.8, 4) is 11.4 Å². The van der Waals surface area contributed by atoms with Crippen LogP contribution in [0.5, 0.6) is 0 Å². The molecule has 0 radical (unpaired) electrons. The fraction of sp³-hybridized carbons (Fsp3) is 0.0667. The minimum absolute atomic E-state index is 0.00358. The lowest BCUT2D eigenvalue weighted by Gasteiger charge is -2.08. The van der Waals surface area contributed by atoms with Gasteiger partial charge in [-0.25, -0.2) is 23.1 Å². The molecule has 0 aliphatic carbocycles. The highest BCUT2D eigenvalue weighted by Gasteiger charge is 2.16. The van der Waals surface area contributed by atoms with E-state index in [9.17, 15) is 13.2 Å². The molecule has 0 N–H and O–H groups in total. The van der Waals surface area contributed by atoms with Crippen molar-refractivity contribution < 1.29 is 13.2 Å². The van der Waals surface area contributed by atoms with Gasteiger partial charge in [-0.2, -0.15) is 0 Å². The Labute approximate surface area is 123 Å². The smallest absolute Gasteiger partial charge is 0.164 e. The summed E-state index contributed by atoms with van der Waals surface area (Å²) in [6.45, 7) is 1.73. The van der Waals surface area contributed by atoms with Crippen LogP contribution in [0.3, 0.4) is 0 Å². The molecule has 2 aromatic carbocycles. The van der Waals surface area contributed by atoms with E-state index in [-0.39, 0.29) is 21.9 Å². The van der Waals surface area contributed by atoms with Crippen LogP contribution in [0.1, 0.15) is 5.56 Å². The summed E-state index contributed by atoms with van der Waals surface area (Å²) in [4.78, 5) is 8.08. The summed E-state index contributed by atoms with van der Waals surface area (Å²) in [5.74, 6) is -2.07. The molecule has 0 amide bonds. The first kappa shape index (κ1) is 13.8. The van der Waals surface area contributed by atoms with Gasteiger partial charge < -0.3 is 0 Å². The molecule has 3 rings (SSSR count). The number of halogens is 4. The molecule has 0 fully saturated rings. The molecule has 3 aromatic rings. The second kappa shape index (κ2) is 5.00. The van der Waals surface area contributed by atoms with Crippen molar-refractivity contribution in [3.63, 3.8) is 0 Å². The first-order chi connectivity index (χ1) is 9.97. The van der Waals surface area contributed by atoms with Gasteiger partial charge in [-0.05, 0) is 30.7 Å². The van der Waals surface area contributed by atoms with Gasteiger partial charge in [0, 0.05) is 6.07 Å². The van der Waals surface area contributed by atoms with Gasteiger partial charge in [-0.15, -0.1) is 0 Å². The van der Waals surface area contributed by atoms with E-state index in [2.05, 4.69) is 9.97 Å². The molecule has 0 aliphatic heterocycles. The average molecular weight is 309 g/mol. The molecular weight excluding hydrogens is 301 g/mol. The lowest BCUT2D eigenvalue weighted by molar-refractivity contribution is 0.585. The number of aryl methyl sites for hydroxylation is 1.